The van der Waals surface area contributed by atoms with E-state index in [0.29, 0.717) is 6.54 Å². The van der Waals surface area contributed by atoms with Crippen LogP contribution < -0.4 is 10.6 Å². The highest BCUT2D eigenvalue weighted by atomic mass is 79.9. The van der Waals surface area contributed by atoms with Gasteiger partial charge in [0.05, 0.1) is 5.25 Å². The molecule has 3 nitrogen and oxygen atoms in total. The largest absolute Gasteiger partial charge is 0.354 e. The molecule has 6 heteroatoms. The van der Waals surface area contributed by atoms with Crippen molar-refractivity contribution >= 4 is 46.0 Å². The van der Waals surface area contributed by atoms with Crippen LogP contribution in [0.4, 0.5) is 0 Å². The first-order chi connectivity index (χ1) is 8.13. The van der Waals surface area contributed by atoms with Crippen molar-refractivity contribution in [1.29, 1.82) is 0 Å². The quantitative estimate of drug-likeness (QED) is 0.610. The van der Waals surface area contributed by atoms with Gasteiger partial charge in [-0.05, 0) is 38.2 Å². The Labute approximate surface area is 127 Å². The summed E-state index contributed by atoms with van der Waals surface area (Å²) in [5.41, 5.74) is 0. The van der Waals surface area contributed by atoms with Gasteiger partial charge in [0.2, 0.25) is 5.91 Å². The van der Waals surface area contributed by atoms with Gasteiger partial charge in [0, 0.05) is 22.5 Å². The van der Waals surface area contributed by atoms with Crippen molar-refractivity contribution in [3.05, 3.63) is 28.7 Å². The first-order valence-corrected chi connectivity index (χ1v) is 7.15. The van der Waals surface area contributed by atoms with Crippen molar-refractivity contribution in [1.82, 2.24) is 10.6 Å². The second-order valence-corrected chi connectivity index (χ2v) is 5.94. The van der Waals surface area contributed by atoms with Crippen LogP contribution in [0.5, 0.6) is 0 Å². The van der Waals surface area contributed by atoms with Crippen molar-refractivity contribution < 1.29 is 4.79 Å². The zero-order valence-corrected chi connectivity index (χ0v) is 13.6. The maximum absolute atomic E-state index is 11.7. The smallest absolute Gasteiger partial charge is 0.233 e. The van der Waals surface area contributed by atoms with E-state index in [1.807, 2.05) is 38.2 Å². The molecule has 0 aliphatic heterocycles. The van der Waals surface area contributed by atoms with E-state index in [4.69, 9.17) is 0 Å². The average Bonchev–Trinajstić information content (AvgIpc) is 2.32. The lowest BCUT2D eigenvalue weighted by Gasteiger charge is -2.11. The van der Waals surface area contributed by atoms with Gasteiger partial charge in [0.25, 0.3) is 0 Å². The number of nitrogens with one attached hydrogen (secondary N) is 2. The third-order valence-corrected chi connectivity index (χ3v) is 3.81. The predicted molar refractivity (Wildman–Crippen MR) is 83.6 cm³/mol. The summed E-state index contributed by atoms with van der Waals surface area (Å²) in [6.45, 7) is 3.38. The van der Waals surface area contributed by atoms with Gasteiger partial charge in [-0.1, -0.05) is 15.9 Å². The lowest BCUT2D eigenvalue weighted by molar-refractivity contribution is -0.120. The molecule has 1 aromatic carbocycles. The fraction of sp³-hybridized carbons (Fsp3) is 0.417. The summed E-state index contributed by atoms with van der Waals surface area (Å²) in [4.78, 5) is 12.8. The van der Waals surface area contributed by atoms with E-state index in [0.717, 1.165) is 15.9 Å². The van der Waals surface area contributed by atoms with Crippen molar-refractivity contribution in [2.75, 3.05) is 20.1 Å². The van der Waals surface area contributed by atoms with Gasteiger partial charge in [-0.25, -0.2) is 0 Å². The van der Waals surface area contributed by atoms with Crippen LogP contribution in [0.3, 0.4) is 0 Å². The predicted octanol–water partition coefficient (Wildman–Crippen LogP) is 2.69. The van der Waals surface area contributed by atoms with Crippen LogP contribution in [0.2, 0.25) is 0 Å². The van der Waals surface area contributed by atoms with E-state index >= 15 is 0 Å². The molecule has 2 N–H and O–H groups in total. The molecular weight excluding hydrogens is 336 g/mol. The molecule has 0 saturated heterocycles. The Morgan fingerprint density at radius 1 is 1.33 bits per heavy atom. The Hall–Kier alpha value is -0.230. The van der Waals surface area contributed by atoms with Gasteiger partial charge in [-0.15, -0.1) is 24.2 Å². The van der Waals surface area contributed by atoms with E-state index in [9.17, 15) is 4.79 Å². The van der Waals surface area contributed by atoms with Gasteiger partial charge in [0.15, 0.2) is 0 Å². The van der Waals surface area contributed by atoms with E-state index < -0.39 is 0 Å². The SMILES string of the molecule is CNCCNC(=O)C(C)Sc1ccc(Br)cc1.Cl. The fourth-order valence-electron chi connectivity index (χ4n) is 1.23. The van der Waals surface area contributed by atoms with Crippen molar-refractivity contribution in [2.24, 2.45) is 0 Å². The fourth-order valence-corrected chi connectivity index (χ4v) is 2.38. The van der Waals surface area contributed by atoms with Gasteiger partial charge >= 0.3 is 0 Å². The highest BCUT2D eigenvalue weighted by Gasteiger charge is 2.13. The number of likely N-dealkylation sites (N-methyl/N-ethyl adjacent to an activating group) is 1. The highest BCUT2D eigenvalue weighted by molar-refractivity contribution is 9.10. The van der Waals surface area contributed by atoms with Gasteiger partial charge < -0.3 is 10.6 Å². The lowest BCUT2D eigenvalue weighted by atomic mass is 10.4. The molecule has 0 radical (unpaired) electrons. The standard InChI is InChI=1S/C12H17BrN2OS.ClH/c1-9(12(16)15-8-7-14-2)17-11-5-3-10(13)4-6-11;/h3-6,9,14H,7-8H2,1-2H3,(H,15,16);1H. The number of amides is 1. The van der Waals surface area contributed by atoms with Crippen LogP contribution in [-0.2, 0) is 4.79 Å². The second kappa shape index (κ2) is 9.67. The Kier molecular flexibility index (Phi) is 9.54. The lowest BCUT2D eigenvalue weighted by Crippen LogP contribution is -2.35. The molecule has 18 heavy (non-hydrogen) atoms. The normalized spacial score (nSPS) is 11.5. The molecule has 0 aliphatic carbocycles. The minimum atomic E-state index is -0.0759. The number of carbonyl (C=O) groups excluding carboxylic acids is 1. The molecule has 0 saturated carbocycles. The van der Waals surface area contributed by atoms with Crippen LogP contribution >= 0.6 is 40.1 Å². The summed E-state index contributed by atoms with van der Waals surface area (Å²) in [5.74, 6) is 0.0770. The van der Waals surface area contributed by atoms with Crippen LogP contribution in [0, 0.1) is 0 Å². The summed E-state index contributed by atoms with van der Waals surface area (Å²) in [5, 5.41) is 5.80. The van der Waals surface area contributed by atoms with Crippen LogP contribution in [0.15, 0.2) is 33.6 Å². The minimum absolute atomic E-state index is 0. The first kappa shape index (κ1) is 17.8. The Morgan fingerprint density at radius 3 is 2.50 bits per heavy atom. The monoisotopic (exact) mass is 352 g/mol. The molecule has 0 fully saturated rings. The molecule has 1 aromatic rings. The summed E-state index contributed by atoms with van der Waals surface area (Å²) in [7, 11) is 1.87. The maximum atomic E-state index is 11.7. The number of rotatable bonds is 6. The molecular formula is C12H18BrClN2OS. The average molecular weight is 354 g/mol. The number of hydrogen-bond donors (Lipinski definition) is 2. The molecule has 0 aromatic heterocycles. The zero-order chi connectivity index (χ0) is 12.7. The summed E-state index contributed by atoms with van der Waals surface area (Å²) in [6.07, 6.45) is 0. The molecule has 0 heterocycles. The Bertz CT molecular complexity index is 362. The number of carbonyl (C=O) groups is 1. The van der Waals surface area contributed by atoms with E-state index in [2.05, 4.69) is 26.6 Å². The van der Waals surface area contributed by atoms with E-state index in [-0.39, 0.29) is 23.6 Å². The third kappa shape index (κ3) is 6.64. The van der Waals surface area contributed by atoms with Gasteiger partial charge in [-0.3, -0.25) is 4.79 Å². The van der Waals surface area contributed by atoms with E-state index in [1.165, 1.54) is 0 Å². The molecule has 0 spiro atoms. The summed E-state index contributed by atoms with van der Waals surface area (Å²) >= 11 is 4.95. The summed E-state index contributed by atoms with van der Waals surface area (Å²) < 4.78 is 1.05. The zero-order valence-electron chi connectivity index (χ0n) is 10.4. The summed E-state index contributed by atoms with van der Waals surface area (Å²) in [6, 6.07) is 7.97. The maximum Gasteiger partial charge on any atom is 0.233 e. The number of thioether (sulfide) groups is 1. The van der Waals surface area contributed by atoms with Gasteiger partial charge in [-0.2, -0.15) is 0 Å². The Morgan fingerprint density at radius 2 is 1.94 bits per heavy atom. The topological polar surface area (TPSA) is 41.1 Å². The molecule has 1 atom stereocenters. The third-order valence-electron chi connectivity index (χ3n) is 2.17. The van der Waals surface area contributed by atoms with E-state index in [1.54, 1.807) is 11.8 Å². The number of benzene rings is 1. The van der Waals surface area contributed by atoms with Crippen LogP contribution in [-0.4, -0.2) is 31.3 Å². The van der Waals surface area contributed by atoms with Crippen molar-refractivity contribution in [2.45, 2.75) is 17.1 Å². The molecule has 102 valence electrons. The van der Waals surface area contributed by atoms with Crippen LogP contribution in [0.25, 0.3) is 0 Å². The Balaban J connectivity index is 0.00000289. The molecule has 0 bridgehead atoms. The number of halogens is 2. The number of hydrogen-bond acceptors (Lipinski definition) is 3. The highest BCUT2D eigenvalue weighted by Crippen LogP contribution is 2.24. The minimum Gasteiger partial charge on any atom is -0.354 e. The van der Waals surface area contributed by atoms with Crippen molar-refractivity contribution in [3.8, 4) is 0 Å². The first-order valence-electron chi connectivity index (χ1n) is 5.48. The second-order valence-electron chi connectivity index (χ2n) is 3.61. The molecule has 1 rings (SSSR count). The van der Waals surface area contributed by atoms with Gasteiger partial charge in [0.1, 0.15) is 0 Å². The van der Waals surface area contributed by atoms with Crippen molar-refractivity contribution in [3.63, 3.8) is 0 Å². The molecule has 1 unspecified atom stereocenters. The van der Waals surface area contributed by atoms with Crippen LogP contribution in [0.1, 0.15) is 6.92 Å². The molecule has 1 amide bonds. The molecule has 0 aliphatic rings.